The summed E-state index contributed by atoms with van der Waals surface area (Å²) in [4.78, 5) is 21.2. The first kappa shape index (κ1) is 19.4. The number of carbonyl (C=O) groups excluding carboxylic acids is 1. The quantitative estimate of drug-likeness (QED) is 0.487. The lowest BCUT2D eigenvalue weighted by Crippen LogP contribution is -2.20. The normalized spacial score (nSPS) is 10.6. The zero-order valence-electron chi connectivity index (χ0n) is 16.5. The van der Waals surface area contributed by atoms with Crippen LogP contribution in [0.2, 0.25) is 0 Å². The van der Waals surface area contributed by atoms with Gasteiger partial charge in [-0.05, 0) is 67.6 Å². The third-order valence-corrected chi connectivity index (χ3v) is 4.42. The van der Waals surface area contributed by atoms with Crippen molar-refractivity contribution in [2.24, 2.45) is 0 Å². The summed E-state index contributed by atoms with van der Waals surface area (Å²) in [7, 11) is 0. The summed E-state index contributed by atoms with van der Waals surface area (Å²) in [6.45, 7) is 2.45. The molecule has 4 rings (SSSR count). The van der Waals surface area contributed by atoms with Gasteiger partial charge in [-0.15, -0.1) is 0 Å². The van der Waals surface area contributed by atoms with Gasteiger partial charge in [-0.1, -0.05) is 12.1 Å². The molecule has 0 aliphatic carbocycles. The average molecular weight is 399 g/mol. The summed E-state index contributed by atoms with van der Waals surface area (Å²) < 4.78 is 11.0. The number of hydrogen-bond acceptors (Lipinski definition) is 5. The van der Waals surface area contributed by atoms with Gasteiger partial charge in [0.2, 0.25) is 0 Å². The molecule has 6 nitrogen and oxygen atoms in total. The van der Waals surface area contributed by atoms with E-state index in [1.165, 1.54) is 0 Å². The minimum absolute atomic E-state index is 0.0810. The summed E-state index contributed by atoms with van der Waals surface area (Å²) in [5.74, 6) is 1.14. The van der Waals surface area contributed by atoms with Gasteiger partial charge in [0.1, 0.15) is 11.5 Å². The summed E-state index contributed by atoms with van der Waals surface area (Å²) in [6, 6.07) is 22.4. The molecule has 1 heterocycles. The average Bonchev–Trinajstić information content (AvgIpc) is 2.79. The van der Waals surface area contributed by atoms with Crippen molar-refractivity contribution in [3.05, 3.63) is 79.0 Å². The summed E-state index contributed by atoms with van der Waals surface area (Å²) in [5.41, 5.74) is 4.12. The van der Waals surface area contributed by atoms with E-state index in [1.807, 2.05) is 67.6 Å². The Morgan fingerprint density at radius 3 is 2.27 bits per heavy atom. The van der Waals surface area contributed by atoms with Crippen molar-refractivity contribution in [1.82, 2.24) is 9.97 Å². The van der Waals surface area contributed by atoms with Crippen molar-refractivity contribution >= 4 is 22.6 Å². The van der Waals surface area contributed by atoms with E-state index >= 15 is 0 Å². The van der Waals surface area contributed by atoms with Crippen LogP contribution in [0.4, 0.5) is 5.69 Å². The van der Waals surface area contributed by atoms with Crippen LogP contribution in [0.25, 0.3) is 22.3 Å². The van der Waals surface area contributed by atoms with Crippen molar-refractivity contribution < 1.29 is 14.3 Å². The molecule has 0 saturated heterocycles. The topological polar surface area (TPSA) is 73.3 Å². The van der Waals surface area contributed by atoms with E-state index in [1.54, 1.807) is 18.3 Å². The number of nitrogens with zero attached hydrogens (tertiary/aromatic N) is 2. The van der Waals surface area contributed by atoms with Gasteiger partial charge in [-0.3, -0.25) is 9.78 Å². The SMILES string of the molecule is CCOc1ccc(NC(=O)COc2ccc(-c3cnc4ccccc4n3)cc2)cc1. The van der Waals surface area contributed by atoms with Crippen LogP contribution in [-0.4, -0.2) is 29.1 Å². The Balaban J connectivity index is 1.34. The molecular formula is C24H21N3O3. The Morgan fingerprint density at radius 2 is 1.53 bits per heavy atom. The molecule has 0 unspecified atom stereocenters. The molecule has 0 spiro atoms. The number of aromatic nitrogens is 2. The molecule has 150 valence electrons. The third-order valence-electron chi connectivity index (χ3n) is 4.42. The highest BCUT2D eigenvalue weighted by Gasteiger charge is 2.06. The molecular weight excluding hydrogens is 378 g/mol. The molecule has 1 aromatic heterocycles. The first-order chi connectivity index (χ1) is 14.7. The van der Waals surface area contributed by atoms with E-state index in [9.17, 15) is 4.79 Å². The van der Waals surface area contributed by atoms with E-state index in [0.29, 0.717) is 18.0 Å². The molecule has 0 atom stereocenters. The number of para-hydroxylation sites is 2. The van der Waals surface area contributed by atoms with Crippen molar-refractivity contribution in [2.75, 3.05) is 18.5 Å². The monoisotopic (exact) mass is 399 g/mol. The number of hydrogen-bond donors (Lipinski definition) is 1. The maximum atomic E-state index is 12.1. The summed E-state index contributed by atoms with van der Waals surface area (Å²) >= 11 is 0. The highest BCUT2D eigenvalue weighted by molar-refractivity contribution is 5.91. The number of fused-ring (bicyclic) bond motifs is 1. The largest absolute Gasteiger partial charge is 0.494 e. The smallest absolute Gasteiger partial charge is 0.262 e. The lowest BCUT2D eigenvalue weighted by Gasteiger charge is -2.09. The van der Waals surface area contributed by atoms with Crippen LogP contribution in [0.1, 0.15) is 6.92 Å². The predicted molar refractivity (Wildman–Crippen MR) is 117 cm³/mol. The van der Waals surface area contributed by atoms with Gasteiger partial charge in [0.25, 0.3) is 5.91 Å². The molecule has 0 aliphatic heterocycles. The van der Waals surface area contributed by atoms with Crippen molar-refractivity contribution in [1.29, 1.82) is 0 Å². The number of carbonyl (C=O) groups is 1. The lowest BCUT2D eigenvalue weighted by molar-refractivity contribution is -0.118. The summed E-state index contributed by atoms with van der Waals surface area (Å²) in [6.07, 6.45) is 1.75. The highest BCUT2D eigenvalue weighted by atomic mass is 16.5. The second-order valence-electron chi connectivity index (χ2n) is 6.56. The highest BCUT2D eigenvalue weighted by Crippen LogP contribution is 2.22. The standard InChI is InChI=1S/C24H21N3O3/c1-2-29-19-13-9-18(10-14-19)26-24(28)16-30-20-11-7-17(8-12-20)23-15-25-21-5-3-4-6-22(21)27-23/h3-15H,2,16H2,1H3,(H,26,28). The van der Waals surface area contributed by atoms with Gasteiger partial charge in [-0.2, -0.15) is 0 Å². The van der Waals surface area contributed by atoms with Crippen LogP contribution in [-0.2, 0) is 4.79 Å². The van der Waals surface area contributed by atoms with Crippen LogP contribution in [0, 0.1) is 0 Å². The van der Waals surface area contributed by atoms with Crippen molar-refractivity contribution in [3.8, 4) is 22.8 Å². The minimum atomic E-state index is -0.233. The molecule has 1 amide bonds. The number of ether oxygens (including phenoxy) is 2. The fourth-order valence-electron chi connectivity index (χ4n) is 2.97. The fourth-order valence-corrected chi connectivity index (χ4v) is 2.97. The Kier molecular flexibility index (Phi) is 5.85. The van der Waals surface area contributed by atoms with Gasteiger partial charge in [-0.25, -0.2) is 4.98 Å². The van der Waals surface area contributed by atoms with Gasteiger partial charge < -0.3 is 14.8 Å². The molecule has 30 heavy (non-hydrogen) atoms. The predicted octanol–water partition coefficient (Wildman–Crippen LogP) is 4.71. The van der Waals surface area contributed by atoms with Crippen molar-refractivity contribution in [2.45, 2.75) is 6.92 Å². The molecule has 0 fully saturated rings. The first-order valence-electron chi connectivity index (χ1n) is 9.69. The zero-order valence-corrected chi connectivity index (χ0v) is 16.5. The van der Waals surface area contributed by atoms with Crippen LogP contribution in [0.5, 0.6) is 11.5 Å². The van der Waals surface area contributed by atoms with E-state index in [2.05, 4.69) is 15.3 Å². The lowest BCUT2D eigenvalue weighted by atomic mass is 10.1. The van der Waals surface area contributed by atoms with Crippen LogP contribution >= 0.6 is 0 Å². The van der Waals surface area contributed by atoms with Crippen molar-refractivity contribution in [3.63, 3.8) is 0 Å². The maximum absolute atomic E-state index is 12.1. The Morgan fingerprint density at radius 1 is 0.867 bits per heavy atom. The van der Waals surface area contributed by atoms with Crippen LogP contribution in [0.15, 0.2) is 79.0 Å². The zero-order chi connectivity index (χ0) is 20.8. The van der Waals surface area contributed by atoms with Crippen LogP contribution in [0.3, 0.4) is 0 Å². The summed E-state index contributed by atoms with van der Waals surface area (Å²) in [5, 5.41) is 2.80. The van der Waals surface area contributed by atoms with E-state index < -0.39 is 0 Å². The second-order valence-corrected chi connectivity index (χ2v) is 6.56. The maximum Gasteiger partial charge on any atom is 0.262 e. The van der Waals surface area contributed by atoms with Crippen LogP contribution < -0.4 is 14.8 Å². The fraction of sp³-hybridized carbons (Fsp3) is 0.125. The first-order valence-corrected chi connectivity index (χ1v) is 9.69. The van der Waals surface area contributed by atoms with E-state index in [4.69, 9.17) is 9.47 Å². The molecule has 6 heteroatoms. The van der Waals surface area contributed by atoms with Gasteiger partial charge >= 0.3 is 0 Å². The van der Waals surface area contributed by atoms with Gasteiger partial charge in [0.05, 0.1) is 29.5 Å². The van der Waals surface area contributed by atoms with Gasteiger partial charge in [0.15, 0.2) is 6.61 Å². The van der Waals surface area contributed by atoms with Gasteiger partial charge in [0, 0.05) is 11.3 Å². The number of amides is 1. The van der Waals surface area contributed by atoms with E-state index in [-0.39, 0.29) is 12.5 Å². The number of rotatable bonds is 7. The molecule has 4 aromatic rings. The molecule has 0 aliphatic rings. The third kappa shape index (κ3) is 4.72. The van der Waals surface area contributed by atoms with E-state index in [0.717, 1.165) is 28.0 Å². The minimum Gasteiger partial charge on any atom is -0.494 e. The molecule has 0 radical (unpaired) electrons. The molecule has 3 aromatic carbocycles. The molecule has 0 saturated carbocycles. The Hall–Kier alpha value is -3.93. The Labute approximate surface area is 174 Å². The number of anilines is 1. The second kappa shape index (κ2) is 9.05. The molecule has 1 N–H and O–H groups in total. The number of benzene rings is 3. The molecule has 0 bridgehead atoms. The Bertz CT molecular complexity index is 1140. The number of nitrogens with one attached hydrogen (secondary N) is 1.